The lowest BCUT2D eigenvalue weighted by atomic mass is 9.81. The highest BCUT2D eigenvalue weighted by atomic mass is 32.2. The molecule has 1 aliphatic carbocycles. The minimum absolute atomic E-state index is 0.110. The number of sulfonamides is 1. The number of amides is 2. The zero-order chi connectivity index (χ0) is 22.2. The van der Waals surface area contributed by atoms with Gasteiger partial charge in [0.25, 0.3) is 10.0 Å². The zero-order valence-corrected chi connectivity index (χ0v) is 18.7. The molecule has 6 nitrogen and oxygen atoms in total. The van der Waals surface area contributed by atoms with Crippen molar-refractivity contribution in [2.24, 2.45) is 11.8 Å². The molecule has 2 aromatic carbocycles. The Bertz CT molecular complexity index is 1100. The van der Waals surface area contributed by atoms with Crippen molar-refractivity contribution < 1.29 is 18.0 Å². The van der Waals surface area contributed by atoms with Gasteiger partial charge in [-0.05, 0) is 55.0 Å². The minimum Gasteiger partial charge on any atom is -0.279 e. The van der Waals surface area contributed by atoms with E-state index in [4.69, 9.17) is 0 Å². The van der Waals surface area contributed by atoms with Gasteiger partial charge in [-0.25, -0.2) is 8.42 Å². The van der Waals surface area contributed by atoms with Crippen LogP contribution in [0, 0.1) is 18.8 Å². The summed E-state index contributed by atoms with van der Waals surface area (Å²) in [5.41, 5.74) is 2.72. The monoisotopic (exact) mass is 440 g/mol. The topological polar surface area (TPSA) is 83.6 Å². The van der Waals surface area contributed by atoms with Crippen LogP contribution in [0.3, 0.4) is 0 Å². The number of rotatable bonds is 6. The highest BCUT2D eigenvalue weighted by Gasteiger charge is 2.47. The Morgan fingerprint density at radius 1 is 1.00 bits per heavy atom. The van der Waals surface area contributed by atoms with Gasteiger partial charge in [-0.1, -0.05) is 50.1 Å². The molecule has 2 atom stereocenters. The number of nitrogens with one attached hydrogen (secondary N) is 1. The van der Waals surface area contributed by atoms with Crippen molar-refractivity contribution in [1.82, 2.24) is 4.90 Å². The van der Waals surface area contributed by atoms with E-state index in [9.17, 15) is 18.0 Å². The second-order valence-corrected chi connectivity index (χ2v) is 10.1. The van der Waals surface area contributed by atoms with E-state index in [0.29, 0.717) is 23.2 Å². The molecule has 1 aliphatic heterocycles. The van der Waals surface area contributed by atoms with E-state index >= 15 is 0 Å². The SMILES string of the molecule is CCc1ccccc1NS(=O)(=O)c1cc(CN2C(=O)[C@H]3CCCC[C@H]3C2=O)ccc1C. The molecule has 1 saturated heterocycles. The lowest BCUT2D eigenvalue weighted by Gasteiger charge is -2.19. The van der Waals surface area contributed by atoms with Crippen LogP contribution in [-0.4, -0.2) is 25.1 Å². The summed E-state index contributed by atoms with van der Waals surface area (Å²) in [4.78, 5) is 27.1. The molecule has 1 N–H and O–H groups in total. The average molecular weight is 441 g/mol. The van der Waals surface area contributed by atoms with Crippen molar-refractivity contribution in [1.29, 1.82) is 0 Å². The lowest BCUT2D eigenvalue weighted by molar-refractivity contribution is -0.140. The van der Waals surface area contributed by atoms with Gasteiger partial charge >= 0.3 is 0 Å². The van der Waals surface area contributed by atoms with E-state index in [1.807, 2.05) is 19.1 Å². The number of nitrogens with zero attached hydrogens (tertiary/aromatic N) is 1. The van der Waals surface area contributed by atoms with Crippen LogP contribution < -0.4 is 4.72 Å². The summed E-state index contributed by atoms with van der Waals surface area (Å²) in [5.74, 6) is -0.645. The van der Waals surface area contributed by atoms with Crippen LogP contribution in [0.5, 0.6) is 0 Å². The van der Waals surface area contributed by atoms with E-state index in [0.717, 1.165) is 31.2 Å². The fraction of sp³-hybridized carbons (Fsp3) is 0.417. The number of benzene rings is 2. The molecular formula is C24H28N2O4S. The molecule has 31 heavy (non-hydrogen) atoms. The second-order valence-electron chi connectivity index (χ2n) is 8.48. The largest absolute Gasteiger partial charge is 0.279 e. The number of aryl methyl sites for hydroxylation is 2. The Balaban J connectivity index is 1.60. The van der Waals surface area contributed by atoms with Crippen molar-refractivity contribution in [2.45, 2.75) is 57.4 Å². The van der Waals surface area contributed by atoms with Crippen LogP contribution in [0.2, 0.25) is 0 Å². The Labute approximate surface area is 183 Å². The number of para-hydroxylation sites is 1. The van der Waals surface area contributed by atoms with E-state index < -0.39 is 10.0 Å². The maximum Gasteiger partial charge on any atom is 0.262 e. The average Bonchev–Trinajstić information content (AvgIpc) is 3.00. The van der Waals surface area contributed by atoms with Crippen molar-refractivity contribution in [2.75, 3.05) is 4.72 Å². The first-order valence-electron chi connectivity index (χ1n) is 10.9. The van der Waals surface area contributed by atoms with Crippen LogP contribution in [0.15, 0.2) is 47.4 Å². The van der Waals surface area contributed by atoms with E-state index in [2.05, 4.69) is 4.72 Å². The number of likely N-dealkylation sites (tertiary alicyclic amines) is 1. The molecule has 4 rings (SSSR count). The maximum absolute atomic E-state index is 13.2. The van der Waals surface area contributed by atoms with E-state index in [-0.39, 0.29) is 35.1 Å². The number of carbonyl (C=O) groups excluding carboxylic acids is 2. The molecule has 0 radical (unpaired) electrons. The van der Waals surface area contributed by atoms with Gasteiger partial charge in [0.05, 0.1) is 29.0 Å². The molecular weight excluding hydrogens is 412 g/mol. The third-order valence-electron chi connectivity index (χ3n) is 6.46. The van der Waals surface area contributed by atoms with Crippen LogP contribution in [0.25, 0.3) is 0 Å². The summed E-state index contributed by atoms with van der Waals surface area (Å²) in [5, 5.41) is 0. The number of fused-ring (bicyclic) bond motifs is 1. The molecule has 0 aromatic heterocycles. The first-order valence-corrected chi connectivity index (χ1v) is 12.4. The van der Waals surface area contributed by atoms with Crippen LogP contribution in [-0.2, 0) is 32.6 Å². The van der Waals surface area contributed by atoms with Crippen molar-refractivity contribution in [3.05, 3.63) is 59.2 Å². The van der Waals surface area contributed by atoms with Crippen molar-refractivity contribution >= 4 is 27.5 Å². The first-order chi connectivity index (χ1) is 14.8. The van der Waals surface area contributed by atoms with Gasteiger partial charge in [0.1, 0.15) is 0 Å². The summed E-state index contributed by atoms with van der Waals surface area (Å²) in [6.45, 7) is 3.82. The minimum atomic E-state index is -3.82. The molecule has 2 fully saturated rings. The van der Waals surface area contributed by atoms with Gasteiger partial charge in [-0.15, -0.1) is 0 Å². The molecule has 0 unspecified atom stereocenters. The Hall–Kier alpha value is -2.67. The highest BCUT2D eigenvalue weighted by molar-refractivity contribution is 7.92. The fourth-order valence-electron chi connectivity index (χ4n) is 4.73. The number of carbonyl (C=O) groups is 2. The molecule has 0 bridgehead atoms. The molecule has 164 valence electrons. The van der Waals surface area contributed by atoms with Gasteiger partial charge in [0.15, 0.2) is 0 Å². The molecule has 7 heteroatoms. The van der Waals surface area contributed by atoms with Crippen LogP contribution in [0.4, 0.5) is 5.69 Å². The number of imide groups is 1. The smallest absolute Gasteiger partial charge is 0.262 e. The van der Waals surface area contributed by atoms with E-state index in [1.165, 1.54) is 4.90 Å². The Morgan fingerprint density at radius 2 is 1.65 bits per heavy atom. The normalized spacial score (nSPS) is 21.3. The highest BCUT2D eigenvalue weighted by Crippen LogP contribution is 2.38. The number of hydrogen-bond acceptors (Lipinski definition) is 4. The second kappa shape index (κ2) is 8.46. The molecule has 1 heterocycles. The van der Waals surface area contributed by atoms with E-state index in [1.54, 1.807) is 37.3 Å². The summed E-state index contributed by atoms with van der Waals surface area (Å²) in [6, 6.07) is 12.4. The van der Waals surface area contributed by atoms with Crippen LogP contribution in [0.1, 0.15) is 49.3 Å². The Kier molecular flexibility index (Phi) is 5.88. The number of hydrogen-bond donors (Lipinski definition) is 1. The standard InChI is InChI=1S/C24H28N2O4S/c1-3-18-8-4-7-11-21(18)25-31(29,30)22-14-17(13-12-16(22)2)15-26-23(27)19-9-5-6-10-20(19)24(26)28/h4,7-8,11-14,19-20,25H,3,5-6,9-10,15H2,1-2H3/t19-,20+. The third kappa shape index (κ3) is 4.11. The van der Waals surface area contributed by atoms with Crippen LogP contribution >= 0.6 is 0 Å². The zero-order valence-electron chi connectivity index (χ0n) is 17.9. The first kappa shape index (κ1) is 21.6. The molecule has 2 aliphatic rings. The fourth-order valence-corrected chi connectivity index (χ4v) is 6.13. The summed E-state index contributed by atoms with van der Waals surface area (Å²) in [7, 11) is -3.82. The summed E-state index contributed by atoms with van der Waals surface area (Å²) < 4.78 is 29.0. The van der Waals surface area contributed by atoms with Gasteiger partial charge in [-0.3, -0.25) is 19.2 Å². The predicted molar refractivity (Wildman–Crippen MR) is 119 cm³/mol. The number of anilines is 1. The molecule has 2 amide bonds. The van der Waals surface area contributed by atoms with Gasteiger partial charge in [0.2, 0.25) is 11.8 Å². The van der Waals surface area contributed by atoms with Crippen molar-refractivity contribution in [3.8, 4) is 0 Å². The van der Waals surface area contributed by atoms with Gasteiger partial charge in [-0.2, -0.15) is 0 Å². The molecule has 2 aromatic rings. The third-order valence-corrected chi connectivity index (χ3v) is 7.97. The quantitative estimate of drug-likeness (QED) is 0.688. The molecule has 1 saturated carbocycles. The maximum atomic E-state index is 13.2. The Morgan fingerprint density at radius 3 is 2.29 bits per heavy atom. The predicted octanol–water partition coefficient (Wildman–Crippen LogP) is 4.03. The summed E-state index contributed by atoms with van der Waals surface area (Å²) >= 11 is 0. The van der Waals surface area contributed by atoms with Gasteiger partial charge in [0, 0.05) is 0 Å². The lowest BCUT2D eigenvalue weighted by Crippen LogP contribution is -2.30. The van der Waals surface area contributed by atoms with Crippen molar-refractivity contribution in [3.63, 3.8) is 0 Å². The van der Waals surface area contributed by atoms with Gasteiger partial charge < -0.3 is 0 Å². The molecule has 0 spiro atoms. The summed E-state index contributed by atoms with van der Waals surface area (Å²) in [6.07, 6.45) is 4.19.